The highest BCUT2D eigenvalue weighted by atomic mass is 35.5. The van der Waals surface area contributed by atoms with Crippen molar-refractivity contribution in [3.8, 4) is 5.75 Å². The molecule has 5 heteroatoms. The van der Waals surface area contributed by atoms with Crippen LogP contribution in [-0.2, 0) is 0 Å². The average Bonchev–Trinajstić information content (AvgIpc) is 2.31. The smallest absolute Gasteiger partial charge is 0.255 e. The average molecular weight is 271 g/mol. The van der Waals surface area contributed by atoms with Gasteiger partial charge in [0.1, 0.15) is 5.75 Å². The van der Waals surface area contributed by atoms with E-state index >= 15 is 0 Å². The van der Waals surface area contributed by atoms with Crippen molar-refractivity contribution in [2.24, 2.45) is 5.92 Å². The summed E-state index contributed by atoms with van der Waals surface area (Å²) in [7, 11) is 1.49. The van der Waals surface area contributed by atoms with Crippen molar-refractivity contribution in [2.75, 3.05) is 12.8 Å². The first-order valence-corrected chi connectivity index (χ1v) is 6.18. The van der Waals surface area contributed by atoms with Crippen molar-refractivity contribution in [2.45, 2.75) is 26.8 Å². The molecule has 1 unspecified atom stereocenters. The number of methoxy groups -OCH3 is 1. The van der Waals surface area contributed by atoms with E-state index in [0.29, 0.717) is 27.9 Å². The lowest BCUT2D eigenvalue weighted by Crippen LogP contribution is -2.36. The quantitative estimate of drug-likeness (QED) is 0.827. The predicted octanol–water partition coefficient (Wildman–Crippen LogP) is 2.71. The Bertz CT molecular complexity index is 447. The lowest BCUT2D eigenvalue weighted by Gasteiger charge is -2.18. The number of amides is 1. The lowest BCUT2D eigenvalue weighted by molar-refractivity contribution is 0.0927. The van der Waals surface area contributed by atoms with Gasteiger partial charge in [0.05, 0.1) is 23.4 Å². The molecule has 0 bridgehead atoms. The molecule has 0 spiro atoms. The van der Waals surface area contributed by atoms with Crippen LogP contribution in [0.5, 0.6) is 5.75 Å². The fourth-order valence-corrected chi connectivity index (χ4v) is 1.53. The van der Waals surface area contributed by atoms with E-state index in [2.05, 4.69) is 5.32 Å². The Morgan fingerprint density at radius 2 is 2.00 bits per heavy atom. The number of carbonyl (C=O) groups is 1. The standard InChI is InChI=1S/C13H19ClN2O2/c1-7(2)8(3)16-13(17)9-5-10(14)11(15)6-12(9)18-4/h5-8H,15H2,1-4H3,(H,16,17). The summed E-state index contributed by atoms with van der Waals surface area (Å²) in [6.45, 7) is 6.03. The predicted molar refractivity (Wildman–Crippen MR) is 74.2 cm³/mol. The number of nitrogens with two attached hydrogens (primary N) is 1. The van der Waals surface area contributed by atoms with Gasteiger partial charge in [-0.2, -0.15) is 0 Å². The van der Waals surface area contributed by atoms with Crippen molar-refractivity contribution < 1.29 is 9.53 Å². The molecule has 0 aliphatic heterocycles. The Morgan fingerprint density at radius 1 is 1.39 bits per heavy atom. The van der Waals surface area contributed by atoms with Gasteiger partial charge in [-0.1, -0.05) is 25.4 Å². The number of rotatable bonds is 4. The van der Waals surface area contributed by atoms with E-state index in [1.54, 1.807) is 6.07 Å². The van der Waals surface area contributed by atoms with Crippen LogP contribution in [0.2, 0.25) is 5.02 Å². The molecular weight excluding hydrogens is 252 g/mol. The van der Waals surface area contributed by atoms with Gasteiger partial charge in [-0.3, -0.25) is 4.79 Å². The number of hydrogen-bond donors (Lipinski definition) is 2. The second-order valence-corrected chi connectivity index (χ2v) is 4.99. The number of ether oxygens (including phenoxy) is 1. The molecular formula is C13H19ClN2O2. The third-order valence-corrected chi connectivity index (χ3v) is 3.25. The van der Waals surface area contributed by atoms with E-state index in [4.69, 9.17) is 22.1 Å². The molecule has 0 aliphatic rings. The molecule has 0 heterocycles. The van der Waals surface area contributed by atoms with Crippen LogP contribution in [0.4, 0.5) is 5.69 Å². The highest BCUT2D eigenvalue weighted by molar-refractivity contribution is 6.33. The van der Waals surface area contributed by atoms with Crippen molar-refractivity contribution in [1.82, 2.24) is 5.32 Å². The van der Waals surface area contributed by atoms with Crippen LogP contribution >= 0.6 is 11.6 Å². The topological polar surface area (TPSA) is 64.3 Å². The van der Waals surface area contributed by atoms with Gasteiger partial charge >= 0.3 is 0 Å². The molecule has 1 atom stereocenters. The van der Waals surface area contributed by atoms with E-state index in [1.165, 1.54) is 13.2 Å². The molecule has 4 nitrogen and oxygen atoms in total. The van der Waals surface area contributed by atoms with Crippen LogP contribution in [0.15, 0.2) is 12.1 Å². The Morgan fingerprint density at radius 3 is 2.50 bits per heavy atom. The van der Waals surface area contributed by atoms with Crippen LogP contribution in [0.25, 0.3) is 0 Å². The molecule has 3 N–H and O–H groups in total. The number of benzene rings is 1. The molecule has 1 rings (SSSR count). The lowest BCUT2D eigenvalue weighted by atomic mass is 10.1. The maximum atomic E-state index is 12.1. The van der Waals surface area contributed by atoms with Gasteiger partial charge in [-0.05, 0) is 18.9 Å². The van der Waals surface area contributed by atoms with E-state index in [1.807, 2.05) is 20.8 Å². The maximum absolute atomic E-state index is 12.1. The highest BCUT2D eigenvalue weighted by Crippen LogP contribution is 2.28. The summed E-state index contributed by atoms with van der Waals surface area (Å²) in [5.74, 6) is 0.560. The summed E-state index contributed by atoms with van der Waals surface area (Å²) in [6.07, 6.45) is 0. The van der Waals surface area contributed by atoms with E-state index in [9.17, 15) is 4.79 Å². The molecule has 0 fully saturated rings. The Balaban J connectivity index is 3.01. The fourth-order valence-electron chi connectivity index (χ4n) is 1.37. The van der Waals surface area contributed by atoms with Crippen LogP contribution in [0, 0.1) is 5.92 Å². The number of anilines is 1. The van der Waals surface area contributed by atoms with Gasteiger partial charge in [-0.25, -0.2) is 0 Å². The van der Waals surface area contributed by atoms with Crippen LogP contribution < -0.4 is 15.8 Å². The minimum absolute atomic E-state index is 0.0681. The normalized spacial score (nSPS) is 12.3. The van der Waals surface area contributed by atoms with Gasteiger partial charge in [0.2, 0.25) is 0 Å². The van der Waals surface area contributed by atoms with E-state index in [-0.39, 0.29) is 11.9 Å². The van der Waals surface area contributed by atoms with Crippen molar-refractivity contribution in [3.63, 3.8) is 0 Å². The zero-order valence-electron chi connectivity index (χ0n) is 11.1. The molecule has 0 saturated carbocycles. The molecule has 0 saturated heterocycles. The Kier molecular flexibility index (Phi) is 4.84. The summed E-state index contributed by atoms with van der Waals surface area (Å²) in [5, 5.41) is 3.24. The first kappa shape index (κ1) is 14.6. The van der Waals surface area contributed by atoms with Crippen LogP contribution in [-0.4, -0.2) is 19.1 Å². The van der Waals surface area contributed by atoms with Crippen LogP contribution in [0.1, 0.15) is 31.1 Å². The number of carbonyl (C=O) groups excluding carboxylic acids is 1. The molecule has 1 amide bonds. The number of nitrogens with one attached hydrogen (secondary N) is 1. The van der Waals surface area contributed by atoms with Gasteiger partial charge in [-0.15, -0.1) is 0 Å². The zero-order chi connectivity index (χ0) is 13.9. The Labute approximate surface area is 112 Å². The molecule has 18 heavy (non-hydrogen) atoms. The fraction of sp³-hybridized carbons (Fsp3) is 0.462. The zero-order valence-corrected chi connectivity index (χ0v) is 11.8. The summed E-state index contributed by atoms with van der Waals surface area (Å²) in [4.78, 5) is 12.1. The first-order valence-electron chi connectivity index (χ1n) is 5.80. The molecule has 100 valence electrons. The second-order valence-electron chi connectivity index (χ2n) is 4.58. The van der Waals surface area contributed by atoms with Crippen molar-refractivity contribution in [1.29, 1.82) is 0 Å². The Hall–Kier alpha value is -1.42. The molecule has 1 aromatic carbocycles. The third-order valence-electron chi connectivity index (χ3n) is 2.92. The van der Waals surface area contributed by atoms with Crippen molar-refractivity contribution in [3.05, 3.63) is 22.7 Å². The summed E-state index contributed by atoms with van der Waals surface area (Å²) < 4.78 is 5.14. The monoisotopic (exact) mass is 270 g/mol. The SMILES string of the molecule is COc1cc(N)c(Cl)cc1C(=O)NC(C)C(C)C. The summed E-state index contributed by atoms with van der Waals surface area (Å²) in [5.41, 5.74) is 6.45. The maximum Gasteiger partial charge on any atom is 0.255 e. The van der Waals surface area contributed by atoms with Gasteiger partial charge < -0.3 is 15.8 Å². The second kappa shape index (κ2) is 5.96. The van der Waals surface area contributed by atoms with E-state index < -0.39 is 0 Å². The summed E-state index contributed by atoms with van der Waals surface area (Å²) >= 11 is 5.93. The highest BCUT2D eigenvalue weighted by Gasteiger charge is 2.17. The third kappa shape index (κ3) is 3.29. The summed E-state index contributed by atoms with van der Waals surface area (Å²) in [6, 6.07) is 3.15. The van der Waals surface area contributed by atoms with E-state index in [0.717, 1.165) is 0 Å². The largest absolute Gasteiger partial charge is 0.496 e. The van der Waals surface area contributed by atoms with Gasteiger partial charge in [0.25, 0.3) is 5.91 Å². The van der Waals surface area contributed by atoms with Crippen molar-refractivity contribution >= 4 is 23.2 Å². The number of hydrogen-bond acceptors (Lipinski definition) is 3. The molecule has 1 aromatic rings. The number of nitrogen functional groups attached to an aromatic ring is 1. The van der Waals surface area contributed by atoms with Gasteiger partial charge in [0.15, 0.2) is 0 Å². The molecule has 0 radical (unpaired) electrons. The van der Waals surface area contributed by atoms with Crippen LogP contribution in [0.3, 0.4) is 0 Å². The minimum Gasteiger partial charge on any atom is -0.496 e. The minimum atomic E-state index is -0.213. The van der Waals surface area contributed by atoms with Gasteiger partial charge in [0, 0.05) is 12.1 Å². The molecule has 0 aliphatic carbocycles. The first-order chi connectivity index (χ1) is 8.36. The number of halogens is 1. The molecule has 0 aromatic heterocycles.